The van der Waals surface area contributed by atoms with E-state index in [1.807, 2.05) is 25.2 Å². The summed E-state index contributed by atoms with van der Waals surface area (Å²) >= 11 is 0. The molecule has 2 aromatic rings. The monoisotopic (exact) mass is 283 g/mol. The molecule has 0 spiro atoms. The molecule has 0 fully saturated rings. The molecular weight excluding hydrogens is 262 g/mol. The first-order valence-electron chi connectivity index (χ1n) is 7.11. The lowest BCUT2D eigenvalue weighted by Crippen LogP contribution is -2.23. The van der Waals surface area contributed by atoms with Gasteiger partial charge in [-0.05, 0) is 29.2 Å². The number of carbonyl (C=O) groups is 1. The van der Waals surface area contributed by atoms with Crippen LogP contribution in [0.15, 0.2) is 42.6 Å². The Bertz CT molecular complexity index is 606. The first kappa shape index (κ1) is 15.0. The molecule has 0 radical (unpaired) electrons. The van der Waals surface area contributed by atoms with Crippen LogP contribution in [0.1, 0.15) is 41.4 Å². The molecule has 110 valence electrons. The van der Waals surface area contributed by atoms with Crippen molar-refractivity contribution >= 4 is 11.6 Å². The minimum absolute atomic E-state index is 0.167. The Morgan fingerprint density at radius 2 is 1.90 bits per heavy atom. The van der Waals surface area contributed by atoms with Crippen LogP contribution in [0.25, 0.3) is 0 Å². The predicted molar refractivity (Wildman–Crippen MR) is 85.5 cm³/mol. The molecule has 0 bridgehead atoms. The van der Waals surface area contributed by atoms with E-state index in [0.29, 0.717) is 18.2 Å². The number of benzene rings is 1. The van der Waals surface area contributed by atoms with Crippen molar-refractivity contribution in [2.24, 2.45) is 0 Å². The van der Waals surface area contributed by atoms with Crippen LogP contribution in [0.2, 0.25) is 0 Å². The molecule has 0 aliphatic rings. The molecule has 0 aliphatic heterocycles. The van der Waals surface area contributed by atoms with E-state index in [1.54, 1.807) is 12.3 Å². The van der Waals surface area contributed by atoms with Gasteiger partial charge in [-0.1, -0.05) is 38.1 Å². The largest absolute Gasteiger partial charge is 0.388 e. The normalized spacial score (nSPS) is 10.5. The van der Waals surface area contributed by atoms with Gasteiger partial charge in [0, 0.05) is 25.5 Å². The second kappa shape index (κ2) is 6.88. The van der Waals surface area contributed by atoms with Gasteiger partial charge in [0.1, 0.15) is 5.69 Å². The lowest BCUT2D eigenvalue weighted by atomic mass is 10.0. The molecule has 1 amide bonds. The fraction of sp³-hybridized carbons (Fsp3) is 0.294. The number of rotatable bonds is 5. The van der Waals surface area contributed by atoms with Crippen LogP contribution in [0.5, 0.6) is 0 Å². The van der Waals surface area contributed by atoms with E-state index in [9.17, 15) is 4.79 Å². The molecule has 4 heteroatoms. The number of hydrogen-bond donors (Lipinski definition) is 2. The quantitative estimate of drug-likeness (QED) is 0.886. The molecule has 1 aromatic heterocycles. The summed E-state index contributed by atoms with van der Waals surface area (Å²) in [5, 5.41) is 5.88. The zero-order valence-electron chi connectivity index (χ0n) is 12.7. The number of carbonyl (C=O) groups excluding carboxylic acids is 1. The third kappa shape index (κ3) is 4.05. The first-order valence-corrected chi connectivity index (χ1v) is 7.11. The van der Waals surface area contributed by atoms with Gasteiger partial charge >= 0.3 is 0 Å². The number of pyridine rings is 1. The maximum absolute atomic E-state index is 12.1. The second-order valence-electron chi connectivity index (χ2n) is 5.26. The molecule has 2 rings (SSSR count). The highest BCUT2D eigenvalue weighted by atomic mass is 16.1. The number of nitrogens with one attached hydrogen (secondary N) is 2. The summed E-state index contributed by atoms with van der Waals surface area (Å²) < 4.78 is 0. The van der Waals surface area contributed by atoms with Crippen molar-refractivity contribution in [1.82, 2.24) is 10.3 Å². The van der Waals surface area contributed by atoms with E-state index >= 15 is 0 Å². The zero-order chi connectivity index (χ0) is 15.2. The predicted octanol–water partition coefficient (Wildman–Crippen LogP) is 3.18. The van der Waals surface area contributed by atoms with E-state index in [2.05, 4.69) is 41.6 Å². The van der Waals surface area contributed by atoms with Crippen LogP contribution >= 0.6 is 0 Å². The molecule has 0 saturated heterocycles. The average molecular weight is 283 g/mol. The molecule has 21 heavy (non-hydrogen) atoms. The van der Waals surface area contributed by atoms with Gasteiger partial charge in [0.25, 0.3) is 5.91 Å². The maximum atomic E-state index is 12.1. The van der Waals surface area contributed by atoms with Gasteiger partial charge in [0.15, 0.2) is 0 Å². The minimum Gasteiger partial charge on any atom is -0.388 e. The number of anilines is 1. The molecule has 0 unspecified atom stereocenters. The van der Waals surface area contributed by atoms with Crippen LogP contribution in [-0.4, -0.2) is 17.9 Å². The Kier molecular flexibility index (Phi) is 4.93. The Morgan fingerprint density at radius 3 is 2.52 bits per heavy atom. The SMILES string of the molecule is CNc1ccnc(C(=O)NCc2ccc(C(C)C)cc2)c1. The topological polar surface area (TPSA) is 54.0 Å². The van der Waals surface area contributed by atoms with Gasteiger partial charge in [-0.2, -0.15) is 0 Å². The molecule has 0 aliphatic carbocycles. The lowest BCUT2D eigenvalue weighted by Gasteiger charge is -2.08. The fourth-order valence-corrected chi connectivity index (χ4v) is 2.00. The summed E-state index contributed by atoms with van der Waals surface area (Å²) in [6, 6.07) is 11.9. The van der Waals surface area contributed by atoms with Crippen molar-refractivity contribution < 1.29 is 4.79 Å². The fourth-order valence-electron chi connectivity index (χ4n) is 2.00. The molecule has 1 heterocycles. The van der Waals surface area contributed by atoms with Gasteiger partial charge < -0.3 is 10.6 Å². The first-order chi connectivity index (χ1) is 10.1. The Hall–Kier alpha value is -2.36. The molecular formula is C17H21N3O. The lowest BCUT2D eigenvalue weighted by molar-refractivity contribution is 0.0946. The molecule has 1 aromatic carbocycles. The van der Waals surface area contributed by atoms with E-state index in [1.165, 1.54) is 5.56 Å². The standard InChI is InChI=1S/C17H21N3O/c1-12(2)14-6-4-13(5-7-14)11-20-17(21)16-10-15(18-3)8-9-19-16/h4-10,12H,11H2,1-3H3,(H,18,19)(H,20,21). The van der Waals surface area contributed by atoms with Gasteiger partial charge in [-0.25, -0.2) is 0 Å². The van der Waals surface area contributed by atoms with Crippen molar-refractivity contribution in [1.29, 1.82) is 0 Å². The number of nitrogens with zero attached hydrogens (tertiary/aromatic N) is 1. The van der Waals surface area contributed by atoms with Gasteiger partial charge in [-0.3, -0.25) is 9.78 Å². The van der Waals surface area contributed by atoms with Crippen LogP contribution in [0.4, 0.5) is 5.69 Å². The summed E-state index contributed by atoms with van der Waals surface area (Å²) in [5.74, 6) is 0.349. The minimum atomic E-state index is -0.167. The summed E-state index contributed by atoms with van der Waals surface area (Å²) in [4.78, 5) is 16.1. The summed E-state index contributed by atoms with van der Waals surface area (Å²) in [6.45, 7) is 4.83. The molecule has 0 atom stereocenters. The highest BCUT2D eigenvalue weighted by molar-refractivity contribution is 5.93. The third-order valence-corrected chi connectivity index (χ3v) is 3.38. The van der Waals surface area contributed by atoms with E-state index in [4.69, 9.17) is 0 Å². The molecule has 0 saturated carbocycles. The Labute approximate surface area is 125 Å². The van der Waals surface area contributed by atoms with Crippen molar-refractivity contribution in [2.75, 3.05) is 12.4 Å². The number of amides is 1. The van der Waals surface area contributed by atoms with E-state index in [0.717, 1.165) is 11.3 Å². The van der Waals surface area contributed by atoms with Crippen LogP contribution in [0, 0.1) is 0 Å². The smallest absolute Gasteiger partial charge is 0.270 e. The van der Waals surface area contributed by atoms with Crippen molar-refractivity contribution in [3.8, 4) is 0 Å². The average Bonchev–Trinajstić information content (AvgIpc) is 2.53. The van der Waals surface area contributed by atoms with Crippen molar-refractivity contribution in [3.05, 3.63) is 59.4 Å². The number of aromatic nitrogens is 1. The van der Waals surface area contributed by atoms with Crippen molar-refractivity contribution in [2.45, 2.75) is 26.3 Å². The Balaban J connectivity index is 1.97. The van der Waals surface area contributed by atoms with E-state index in [-0.39, 0.29) is 5.91 Å². The summed E-state index contributed by atoms with van der Waals surface area (Å²) in [5.41, 5.74) is 3.67. The zero-order valence-corrected chi connectivity index (χ0v) is 12.7. The van der Waals surface area contributed by atoms with Gasteiger partial charge in [-0.15, -0.1) is 0 Å². The highest BCUT2D eigenvalue weighted by Crippen LogP contribution is 2.14. The number of hydrogen-bond acceptors (Lipinski definition) is 3. The summed E-state index contributed by atoms with van der Waals surface area (Å²) in [7, 11) is 1.81. The van der Waals surface area contributed by atoms with Gasteiger partial charge in [0.05, 0.1) is 0 Å². The second-order valence-corrected chi connectivity index (χ2v) is 5.26. The van der Waals surface area contributed by atoms with Crippen LogP contribution < -0.4 is 10.6 Å². The van der Waals surface area contributed by atoms with Crippen molar-refractivity contribution in [3.63, 3.8) is 0 Å². The van der Waals surface area contributed by atoms with E-state index < -0.39 is 0 Å². The molecule has 4 nitrogen and oxygen atoms in total. The molecule has 2 N–H and O–H groups in total. The van der Waals surface area contributed by atoms with Gasteiger partial charge in [0.2, 0.25) is 0 Å². The Morgan fingerprint density at radius 1 is 1.19 bits per heavy atom. The van der Waals surface area contributed by atoms with Crippen LogP contribution in [-0.2, 0) is 6.54 Å². The summed E-state index contributed by atoms with van der Waals surface area (Å²) in [6.07, 6.45) is 1.62. The van der Waals surface area contributed by atoms with Crippen LogP contribution in [0.3, 0.4) is 0 Å². The third-order valence-electron chi connectivity index (χ3n) is 3.38. The maximum Gasteiger partial charge on any atom is 0.270 e. The highest BCUT2D eigenvalue weighted by Gasteiger charge is 2.07.